The summed E-state index contributed by atoms with van der Waals surface area (Å²) in [6.07, 6.45) is 2.38. The highest BCUT2D eigenvalue weighted by atomic mass is 16.1. The lowest BCUT2D eigenvalue weighted by Crippen LogP contribution is -2.13. The lowest BCUT2D eigenvalue weighted by molar-refractivity contribution is 0.102. The van der Waals surface area contributed by atoms with Crippen molar-refractivity contribution in [1.82, 2.24) is 25.0 Å². The highest BCUT2D eigenvalue weighted by Gasteiger charge is 2.26. The Balaban J connectivity index is 1.70. The SMILES string of the molecule is Cc1cc(C(=O)Nc2cc(C3CC3)[nH]n2)c2c(C)nn(C)c2n1. The normalized spacial score (nSPS) is 14.4. The number of pyridine rings is 1. The number of fused-ring (bicyclic) bond motifs is 1. The first kappa shape index (κ1) is 13.9. The van der Waals surface area contributed by atoms with Gasteiger partial charge in [0.25, 0.3) is 5.91 Å². The number of nitrogens with one attached hydrogen (secondary N) is 2. The van der Waals surface area contributed by atoms with E-state index >= 15 is 0 Å². The molecule has 1 amide bonds. The minimum absolute atomic E-state index is 0.189. The van der Waals surface area contributed by atoms with Gasteiger partial charge in [0.05, 0.1) is 16.6 Å². The quantitative estimate of drug-likeness (QED) is 0.777. The fourth-order valence-corrected chi connectivity index (χ4v) is 2.94. The Bertz CT molecular complexity index is 918. The molecule has 0 aromatic carbocycles. The van der Waals surface area contributed by atoms with Crippen molar-refractivity contribution in [2.75, 3.05) is 5.32 Å². The first-order valence-electron chi connectivity index (χ1n) is 7.70. The maximum atomic E-state index is 12.7. The molecule has 0 saturated heterocycles. The van der Waals surface area contributed by atoms with Gasteiger partial charge in [0, 0.05) is 30.4 Å². The molecule has 0 spiro atoms. The molecule has 1 aliphatic carbocycles. The zero-order valence-electron chi connectivity index (χ0n) is 13.3. The van der Waals surface area contributed by atoms with Gasteiger partial charge in [-0.1, -0.05) is 0 Å². The molecule has 2 N–H and O–H groups in total. The average Bonchev–Trinajstić information content (AvgIpc) is 3.19. The molecular weight excluding hydrogens is 292 g/mol. The predicted octanol–water partition coefficient (Wildman–Crippen LogP) is 2.44. The van der Waals surface area contributed by atoms with E-state index in [-0.39, 0.29) is 5.91 Å². The van der Waals surface area contributed by atoms with Gasteiger partial charge in [-0.25, -0.2) is 4.98 Å². The highest BCUT2D eigenvalue weighted by molar-refractivity contribution is 6.12. The van der Waals surface area contributed by atoms with Crippen molar-refractivity contribution in [3.05, 3.63) is 34.8 Å². The summed E-state index contributed by atoms with van der Waals surface area (Å²) in [7, 11) is 1.83. The number of rotatable bonds is 3. The van der Waals surface area contributed by atoms with E-state index in [2.05, 4.69) is 25.6 Å². The molecule has 0 radical (unpaired) electrons. The molecule has 3 aromatic heterocycles. The van der Waals surface area contributed by atoms with Crippen molar-refractivity contribution in [2.24, 2.45) is 7.05 Å². The minimum atomic E-state index is -0.189. The number of anilines is 1. The van der Waals surface area contributed by atoms with Crippen LogP contribution in [0.3, 0.4) is 0 Å². The maximum Gasteiger partial charge on any atom is 0.257 e. The molecule has 7 heteroatoms. The van der Waals surface area contributed by atoms with E-state index in [1.807, 2.05) is 27.0 Å². The second-order valence-electron chi connectivity index (χ2n) is 6.16. The first-order chi connectivity index (χ1) is 11.0. The zero-order valence-corrected chi connectivity index (χ0v) is 13.3. The molecule has 1 saturated carbocycles. The van der Waals surface area contributed by atoms with Crippen molar-refractivity contribution in [3.8, 4) is 0 Å². The van der Waals surface area contributed by atoms with Crippen LogP contribution in [0.5, 0.6) is 0 Å². The number of nitrogens with zero attached hydrogens (tertiary/aromatic N) is 4. The molecular formula is C16H18N6O. The summed E-state index contributed by atoms with van der Waals surface area (Å²) in [5.74, 6) is 0.940. The van der Waals surface area contributed by atoms with Crippen LogP contribution in [-0.2, 0) is 7.05 Å². The van der Waals surface area contributed by atoms with Crippen molar-refractivity contribution in [1.29, 1.82) is 0 Å². The van der Waals surface area contributed by atoms with Crippen LogP contribution in [0.4, 0.5) is 5.82 Å². The van der Waals surface area contributed by atoms with Gasteiger partial charge in [-0.2, -0.15) is 10.2 Å². The molecule has 3 aromatic rings. The van der Waals surface area contributed by atoms with E-state index in [0.717, 1.165) is 22.5 Å². The number of hydrogen-bond donors (Lipinski definition) is 2. The predicted molar refractivity (Wildman–Crippen MR) is 86.5 cm³/mol. The lowest BCUT2D eigenvalue weighted by Gasteiger charge is -2.05. The molecule has 0 aliphatic heterocycles. The average molecular weight is 310 g/mol. The molecule has 0 atom stereocenters. The van der Waals surface area contributed by atoms with E-state index < -0.39 is 0 Å². The Morgan fingerprint density at radius 1 is 1.35 bits per heavy atom. The van der Waals surface area contributed by atoms with Gasteiger partial charge in [-0.05, 0) is 32.8 Å². The second kappa shape index (κ2) is 4.91. The molecule has 3 heterocycles. The number of carbonyl (C=O) groups excluding carboxylic acids is 1. The van der Waals surface area contributed by atoms with Crippen LogP contribution in [0.2, 0.25) is 0 Å². The molecule has 23 heavy (non-hydrogen) atoms. The molecule has 4 rings (SSSR count). The smallest absolute Gasteiger partial charge is 0.257 e. The van der Waals surface area contributed by atoms with Gasteiger partial charge in [-0.3, -0.25) is 14.6 Å². The zero-order chi connectivity index (χ0) is 16.1. The summed E-state index contributed by atoms with van der Waals surface area (Å²) in [4.78, 5) is 17.2. The number of aromatic amines is 1. The highest BCUT2D eigenvalue weighted by Crippen LogP contribution is 2.39. The van der Waals surface area contributed by atoms with Crippen molar-refractivity contribution in [2.45, 2.75) is 32.6 Å². The molecule has 7 nitrogen and oxygen atoms in total. The summed E-state index contributed by atoms with van der Waals surface area (Å²) in [5, 5.41) is 15.2. The molecule has 1 fully saturated rings. The summed E-state index contributed by atoms with van der Waals surface area (Å²) < 4.78 is 1.70. The van der Waals surface area contributed by atoms with E-state index in [9.17, 15) is 4.79 Å². The van der Waals surface area contributed by atoms with E-state index in [1.54, 1.807) is 10.7 Å². The van der Waals surface area contributed by atoms with Crippen molar-refractivity contribution >= 4 is 22.8 Å². The molecule has 118 valence electrons. The monoisotopic (exact) mass is 310 g/mol. The van der Waals surface area contributed by atoms with Crippen LogP contribution >= 0.6 is 0 Å². The van der Waals surface area contributed by atoms with Gasteiger partial charge < -0.3 is 5.32 Å². The Kier molecular flexibility index (Phi) is 2.97. The van der Waals surface area contributed by atoms with Crippen LogP contribution in [0, 0.1) is 13.8 Å². The van der Waals surface area contributed by atoms with Crippen LogP contribution in [0.1, 0.15) is 46.2 Å². The van der Waals surface area contributed by atoms with E-state index in [1.165, 1.54) is 12.8 Å². The van der Waals surface area contributed by atoms with Crippen molar-refractivity contribution < 1.29 is 4.79 Å². The Morgan fingerprint density at radius 3 is 2.87 bits per heavy atom. The number of carbonyl (C=O) groups is 1. The molecule has 0 bridgehead atoms. The number of hydrogen-bond acceptors (Lipinski definition) is 4. The topological polar surface area (TPSA) is 88.5 Å². The summed E-state index contributed by atoms with van der Waals surface area (Å²) >= 11 is 0. The fourth-order valence-electron chi connectivity index (χ4n) is 2.94. The van der Waals surface area contributed by atoms with Crippen LogP contribution in [0.15, 0.2) is 12.1 Å². The number of amides is 1. The van der Waals surface area contributed by atoms with Crippen molar-refractivity contribution in [3.63, 3.8) is 0 Å². The molecule has 0 unspecified atom stereocenters. The van der Waals surface area contributed by atoms with Crippen LogP contribution < -0.4 is 5.32 Å². The Morgan fingerprint density at radius 2 is 2.13 bits per heavy atom. The summed E-state index contributed by atoms with van der Waals surface area (Å²) in [6, 6.07) is 3.71. The first-order valence-corrected chi connectivity index (χ1v) is 7.70. The van der Waals surface area contributed by atoms with Crippen LogP contribution in [0.25, 0.3) is 11.0 Å². The maximum absolute atomic E-state index is 12.7. The number of aromatic nitrogens is 5. The van der Waals surface area contributed by atoms with Crippen LogP contribution in [-0.4, -0.2) is 30.9 Å². The number of H-pyrrole nitrogens is 1. The minimum Gasteiger partial charge on any atom is -0.305 e. The fraction of sp³-hybridized carbons (Fsp3) is 0.375. The second-order valence-corrected chi connectivity index (χ2v) is 6.16. The van der Waals surface area contributed by atoms with Gasteiger partial charge in [0.15, 0.2) is 11.5 Å². The van der Waals surface area contributed by atoms with E-state index in [0.29, 0.717) is 22.9 Å². The standard InChI is InChI=1S/C16H18N6O/c1-8-6-11(14-9(2)21-22(3)15(14)17-8)16(23)18-13-7-12(19-20-13)10-4-5-10/h6-7,10H,4-5H2,1-3H3,(H2,18,19,20,23). The third kappa shape index (κ3) is 2.38. The Hall–Kier alpha value is -2.70. The molecule has 1 aliphatic rings. The third-order valence-electron chi connectivity index (χ3n) is 4.20. The van der Waals surface area contributed by atoms with Gasteiger partial charge in [0.1, 0.15) is 0 Å². The van der Waals surface area contributed by atoms with Gasteiger partial charge in [0.2, 0.25) is 0 Å². The third-order valence-corrected chi connectivity index (χ3v) is 4.20. The summed E-state index contributed by atoms with van der Waals surface area (Å²) in [5.41, 5.74) is 3.96. The van der Waals surface area contributed by atoms with E-state index in [4.69, 9.17) is 0 Å². The Labute approximate surface area is 133 Å². The van der Waals surface area contributed by atoms with Gasteiger partial charge >= 0.3 is 0 Å². The lowest BCUT2D eigenvalue weighted by atomic mass is 10.1. The van der Waals surface area contributed by atoms with Gasteiger partial charge in [-0.15, -0.1) is 0 Å². The largest absolute Gasteiger partial charge is 0.305 e. The number of aryl methyl sites for hydroxylation is 3. The summed E-state index contributed by atoms with van der Waals surface area (Å²) in [6.45, 7) is 3.76.